The highest BCUT2D eigenvalue weighted by Gasteiger charge is 2.24. The fourth-order valence-corrected chi connectivity index (χ4v) is 4.14. The number of hydrogen-bond acceptors (Lipinski definition) is 8. The van der Waals surface area contributed by atoms with Crippen LogP contribution in [0.25, 0.3) is 0 Å². The number of nitrogens with zero attached hydrogens (tertiary/aromatic N) is 2. The molecule has 0 fully saturated rings. The minimum atomic E-state index is -4.44. The van der Waals surface area contributed by atoms with Crippen molar-refractivity contribution in [2.24, 2.45) is 5.92 Å². The fourth-order valence-electron chi connectivity index (χ4n) is 3.49. The van der Waals surface area contributed by atoms with Crippen LogP contribution in [-0.2, 0) is 38.7 Å². The summed E-state index contributed by atoms with van der Waals surface area (Å²) in [5.74, 6) is -0.409. The highest BCUT2D eigenvalue weighted by Crippen LogP contribution is 2.16. The lowest BCUT2D eigenvalue weighted by Gasteiger charge is -2.32. The molecule has 0 aliphatic carbocycles. The van der Waals surface area contributed by atoms with Gasteiger partial charge in [0.25, 0.3) is 0 Å². The highest BCUT2D eigenvalue weighted by atomic mass is 32.3. The maximum atomic E-state index is 12.4. The quantitative estimate of drug-likeness (QED) is 0.0990. The SMILES string of the molecule is CCC(C)C(=O)OC(CCC[N+](C)(C)CCCOS(=O)(=O)O)CC[N+](C)(C)CCCOS(=O)(=O)O. The van der Waals surface area contributed by atoms with Crippen LogP contribution >= 0.6 is 0 Å². The number of esters is 1. The number of rotatable bonds is 20. The van der Waals surface area contributed by atoms with Crippen molar-refractivity contribution in [3.63, 3.8) is 0 Å². The van der Waals surface area contributed by atoms with Crippen molar-refractivity contribution in [1.29, 1.82) is 0 Å². The summed E-state index contributed by atoms with van der Waals surface area (Å²) in [5, 5.41) is 0. The lowest BCUT2D eigenvalue weighted by molar-refractivity contribution is -0.891. The zero-order chi connectivity index (χ0) is 27.3. The van der Waals surface area contributed by atoms with Gasteiger partial charge in [-0.1, -0.05) is 13.8 Å². The maximum absolute atomic E-state index is 12.4. The molecule has 0 bridgehead atoms. The van der Waals surface area contributed by atoms with Crippen LogP contribution in [0.3, 0.4) is 0 Å². The van der Waals surface area contributed by atoms with E-state index in [-0.39, 0.29) is 31.2 Å². The van der Waals surface area contributed by atoms with E-state index in [9.17, 15) is 21.6 Å². The van der Waals surface area contributed by atoms with Gasteiger partial charge in [-0.3, -0.25) is 13.9 Å². The molecule has 0 aliphatic heterocycles. The Morgan fingerprint density at radius 1 is 0.771 bits per heavy atom. The van der Waals surface area contributed by atoms with Crippen LogP contribution in [0.2, 0.25) is 0 Å². The van der Waals surface area contributed by atoms with E-state index in [1.165, 1.54) is 0 Å². The first-order valence-corrected chi connectivity index (χ1v) is 14.7. The Balaban J connectivity index is 4.76. The molecule has 0 aromatic rings. The molecule has 0 saturated heterocycles. The molecule has 0 heterocycles. The lowest BCUT2D eigenvalue weighted by Crippen LogP contribution is -2.44. The second-order valence-electron chi connectivity index (χ2n) is 10.3. The van der Waals surface area contributed by atoms with Gasteiger partial charge >= 0.3 is 26.8 Å². The molecule has 0 saturated carbocycles. The smallest absolute Gasteiger partial charge is 0.397 e. The van der Waals surface area contributed by atoms with E-state index >= 15 is 0 Å². The van der Waals surface area contributed by atoms with Crippen LogP contribution in [0, 0.1) is 5.92 Å². The Kier molecular flexibility index (Phi) is 15.0. The Morgan fingerprint density at radius 2 is 1.20 bits per heavy atom. The summed E-state index contributed by atoms with van der Waals surface area (Å²) in [5.41, 5.74) is 0. The first-order valence-electron chi connectivity index (χ1n) is 11.9. The standard InChI is InChI=1S/C21H44N2O10S2/c1-7-19(2)21(24)33-20(12-16-23(5,6)15-10-18-32-35(28,29)30)11-8-13-22(3,4)14-9-17-31-34(25,26)27/h19-20H,7-18H2,1-6H3/p+2. The summed E-state index contributed by atoms with van der Waals surface area (Å²) in [7, 11) is -0.841. The summed E-state index contributed by atoms with van der Waals surface area (Å²) < 4.78 is 75.7. The molecule has 0 spiro atoms. The number of hydrogen-bond donors (Lipinski definition) is 2. The van der Waals surface area contributed by atoms with Crippen molar-refractivity contribution in [2.45, 2.75) is 58.5 Å². The van der Waals surface area contributed by atoms with Crippen LogP contribution in [-0.4, -0.2) is 115 Å². The van der Waals surface area contributed by atoms with E-state index in [1.54, 1.807) is 0 Å². The molecule has 35 heavy (non-hydrogen) atoms. The van der Waals surface area contributed by atoms with E-state index in [2.05, 4.69) is 8.37 Å². The Labute approximate surface area is 211 Å². The monoisotopic (exact) mass is 550 g/mol. The van der Waals surface area contributed by atoms with Gasteiger partial charge in [-0.25, -0.2) is 8.37 Å². The van der Waals surface area contributed by atoms with Crippen molar-refractivity contribution in [1.82, 2.24) is 0 Å². The van der Waals surface area contributed by atoms with Gasteiger partial charge in [-0.15, -0.1) is 0 Å². The van der Waals surface area contributed by atoms with E-state index in [1.807, 2.05) is 42.0 Å². The third kappa shape index (κ3) is 19.9. The minimum Gasteiger partial charge on any atom is -0.462 e. The molecular formula is C21H46N2O10S2+2. The molecule has 0 aliphatic rings. The Morgan fingerprint density at radius 3 is 1.63 bits per heavy atom. The van der Waals surface area contributed by atoms with Crippen molar-refractivity contribution in [3.8, 4) is 0 Å². The third-order valence-electron chi connectivity index (χ3n) is 5.92. The zero-order valence-corrected chi connectivity index (χ0v) is 23.6. The molecule has 0 aromatic carbocycles. The van der Waals surface area contributed by atoms with Crippen LogP contribution in [0.4, 0.5) is 0 Å². The second-order valence-corrected chi connectivity index (χ2v) is 12.5. The van der Waals surface area contributed by atoms with Gasteiger partial charge in [0.15, 0.2) is 0 Å². The summed E-state index contributed by atoms with van der Waals surface area (Å²) in [4.78, 5) is 12.4. The minimum absolute atomic E-state index is 0.0854. The van der Waals surface area contributed by atoms with Crippen LogP contribution in [0.15, 0.2) is 0 Å². The molecule has 0 aromatic heterocycles. The number of carbonyl (C=O) groups is 1. The number of ether oxygens (including phenoxy) is 1. The largest absolute Gasteiger partial charge is 0.462 e. The Bertz CT molecular complexity index is 829. The van der Waals surface area contributed by atoms with Crippen LogP contribution in [0.1, 0.15) is 52.4 Å². The summed E-state index contributed by atoms with van der Waals surface area (Å²) >= 11 is 0. The second kappa shape index (κ2) is 15.4. The molecule has 2 atom stereocenters. The van der Waals surface area contributed by atoms with Crippen LogP contribution < -0.4 is 0 Å². The highest BCUT2D eigenvalue weighted by molar-refractivity contribution is 7.81. The summed E-state index contributed by atoms with van der Waals surface area (Å²) in [6.07, 6.45) is 3.45. The van der Waals surface area contributed by atoms with E-state index in [0.717, 1.165) is 13.0 Å². The van der Waals surface area contributed by atoms with Gasteiger partial charge in [0.05, 0.1) is 73.5 Å². The van der Waals surface area contributed by atoms with Gasteiger partial charge in [-0.2, -0.15) is 16.8 Å². The molecule has 0 radical (unpaired) electrons. The first-order chi connectivity index (χ1) is 15.9. The Hall–Kier alpha value is -0.870. The molecule has 12 nitrogen and oxygen atoms in total. The average Bonchev–Trinajstić information content (AvgIpc) is 2.70. The van der Waals surface area contributed by atoms with Crippen molar-refractivity contribution >= 4 is 26.8 Å². The predicted molar refractivity (Wildman–Crippen MR) is 131 cm³/mol. The molecular weight excluding hydrogens is 504 g/mol. The predicted octanol–water partition coefficient (Wildman–Crippen LogP) is 1.69. The fraction of sp³-hybridized carbons (Fsp3) is 0.952. The number of carbonyl (C=O) groups excluding carboxylic acids is 1. The topological polar surface area (TPSA) is 154 Å². The van der Waals surface area contributed by atoms with Gasteiger partial charge in [-0.05, 0) is 12.8 Å². The molecule has 2 unspecified atom stereocenters. The molecule has 0 amide bonds. The zero-order valence-electron chi connectivity index (χ0n) is 22.0. The van der Waals surface area contributed by atoms with Crippen LogP contribution in [0.5, 0.6) is 0 Å². The molecule has 14 heteroatoms. The van der Waals surface area contributed by atoms with E-state index in [0.29, 0.717) is 60.7 Å². The molecule has 210 valence electrons. The normalized spacial score (nSPS) is 15.1. The maximum Gasteiger partial charge on any atom is 0.397 e. The lowest BCUT2D eigenvalue weighted by atomic mass is 10.1. The van der Waals surface area contributed by atoms with Gasteiger partial charge in [0.2, 0.25) is 0 Å². The summed E-state index contributed by atoms with van der Waals surface area (Å²) in [6.45, 7) is 6.35. The first kappa shape index (κ1) is 34.1. The number of quaternary nitrogens is 2. The van der Waals surface area contributed by atoms with Gasteiger partial charge in [0.1, 0.15) is 6.10 Å². The van der Waals surface area contributed by atoms with Gasteiger partial charge in [0, 0.05) is 25.7 Å². The average molecular weight is 551 g/mol. The summed E-state index contributed by atoms with van der Waals surface area (Å²) in [6, 6.07) is 0. The van der Waals surface area contributed by atoms with E-state index in [4.69, 9.17) is 13.8 Å². The van der Waals surface area contributed by atoms with Crippen molar-refractivity contribution in [3.05, 3.63) is 0 Å². The van der Waals surface area contributed by atoms with Crippen molar-refractivity contribution < 1.29 is 52.8 Å². The molecule has 2 N–H and O–H groups in total. The third-order valence-corrected chi connectivity index (χ3v) is 6.85. The molecule has 0 rings (SSSR count). The van der Waals surface area contributed by atoms with E-state index < -0.39 is 20.8 Å². The van der Waals surface area contributed by atoms with Crippen molar-refractivity contribution in [2.75, 3.05) is 67.6 Å². The van der Waals surface area contributed by atoms with Gasteiger partial charge < -0.3 is 13.7 Å².